The van der Waals surface area contributed by atoms with Gasteiger partial charge in [0.1, 0.15) is 5.82 Å². The van der Waals surface area contributed by atoms with Crippen LogP contribution in [0.1, 0.15) is 31.7 Å². The van der Waals surface area contributed by atoms with Crippen LogP contribution < -0.4 is 10.2 Å². The molecule has 138 valence electrons. The Morgan fingerprint density at radius 1 is 1.08 bits per heavy atom. The lowest BCUT2D eigenvalue weighted by molar-refractivity contribution is -0.896. The van der Waals surface area contributed by atoms with Gasteiger partial charge < -0.3 is 10.2 Å². The Morgan fingerprint density at radius 3 is 2.58 bits per heavy atom. The quantitative estimate of drug-likeness (QED) is 0.567. The van der Waals surface area contributed by atoms with Gasteiger partial charge in [0.15, 0.2) is 17.0 Å². The molecule has 26 heavy (non-hydrogen) atoms. The molecule has 0 aliphatic carbocycles. The Bertz CT molecular complexity index is 825. The second-order valence-electron chi connectivity index (χ2n) is 6.51. The molecule has 0 fully saturated rings. The largest absolute Gasteiger partial charge is 0.368 e. The van der Waals surface area contributed by atoms with Crippen molar-refractivity contribution >= 4 is 17.0 Å². The summed E-state index contributed by atoms with van der Waals surface area (Å²) in [5.41, 5.74) is 2.69. The molecule has 0 saturated heterocycles. The highest BCUT2D eigenvalue weighted by Gasteiger charge is 2.13. The number of aromatic nitrogens is 5. The molecule has 7 heteroatoms. The summed E-state index contributed by atoms with van der Waals surface area (Å²) in [5.74, 6) is 1.51. The molecule has 0 aliphatic rings. The smallest absolute Gasteiger partial charge is 0.184 e. The lowest BCUT2D eigenvalue weighted by Crippen LogP contribution is -3.11. The molecule has 3 aromatic rings. The SMILES string of the molecule is CC[NH+](CC)CCCNc1nc(C)nc2c1nnn2Cc1ccccc1. The normalized spacial score (nSPS) is 11.4. The van der Waals surface area contributed by atoms with Gasteiger partial charge in [0.05, 0.1) is 26.2 Å². The molecule has 0 unspecified atom stereocenters. The highest BCUT2D eigenvalue weighted by atomic mass is 15.4. The molecular formula is C19H28N7+. The minimum Gasteiger partial charge on any atom is -0.368 e. The van der Waals surface area contributed by atoms with Crippen molar-refractivity contribution in [2.24, 2.45) is 0 Å². The van der Waals surface area contributed by atoms with Crippen molar-refractivity contribution in [3.63, 3.8) is 0 Å². The molecule has 1 aromatic carbocycles. The molecule has 0 spiro atoms. The van der Waals surface area contributed by atoms with E-state index in [9.17, 15) is 0 Å². The Balaban J connectivity index is 1.73. The molecule has 2 aromatic heterocycles. The van der Waals surface area contributed by atoms with E-state index in [1.165, 1.54) is 18.7 Å². The number of benzene rings is 1. The van der Waals surface area contributed by atoms with E-state index >= 15 is 0 Å². The first-order valence-electron chi connectivity index (χ1n) is 9.40. The van der Waals surface area contributed by atoms with E-state index in [4.69, 9.17) is 0 Å². The van der Waals surface area contributed by atoms with E-state index < -0.39 is 0 Å². The van der Waals surface area contributed by atoms with E-state index in [1.807, 2.05) is 29.8 Å². The number of nitrogens with one attached hydrogen (secondary N) is 2. The molecule has 0 bridgehead atoms. The zero-order chi connectivity index (χ0) is 18.4. The van der Waals surface area contributed by atoms with Gasteiger partial charge in [-0.2, -0.15) is 0 Å². The van der Waals surface area contributed by atoms with Gasteiger partial charge in [-0.15, -0.1) is 5.10 Å². The predicted octanol–water partition coefficient (Wildman–Crippen LogP) is 1.30. The molecule has 0 aliphatic heterocycles. The van der Waals surface area contributed by atoms with Crippen LogP contribution in [0.3, 0.4) is 0 Å². The van der Waals surface area contributed by atoms with Crippen LogP contribution in [0.15, 0.2) is 30.3 Å². The van der Waals surface area contributed by atoms with Crippen LogP contribution in [0.5, 0.6) is 0 Å². The lowest BCUT2D eigenvalue weighted by Gasteiger charge is -2.15. The summed E-state index contributed by atoms with van der Waals surface area (Å²) in [5, 5.41) is 12.0. The minimum absolute atomic E-state index is 0.651. The first kappa shape index (κ1) is 18.3. The lowest BCUT2D eigenvalue weighted by atomic mass is 10.2. The summed E-state index contributed by atoms with van der Waals surface area (Å²) < 4.78 is 1.84. The zero-order valence-electron chi connectivity index (χ0n) is 15.9. The summed E-state index contributed by atoms with van der Waals surface area (Å²) >= 11 is 0. The molecule has 2 N–H and O–H groups in total. The van der Waals surface area contributed by atoms with Gasteiger partial charge in [-0.1, -0.05) is 35.5 Å². The van der Waals surface area contributed by atoms with Crippen LogP contribution in [-0.2, 0) is 6.54 Å². The van der Waals surface area contributed by atoms with Crippen molar-refractivity contribution in [3.05, 3.63) is 41.7 Å². The molecule has 0 saturated carbocycles. The Hall–Kier alpha value is -2.54. The average molecular weight is 354 g/mol. The van der Waals surface area contributed by atoms with E-state index in [2.05, 4.69) is 51.6 Å². The van der Waals surface area contributed by atoms with Crippen LogP contribution >= 0.6 is 0 Å². The van der Waals surface area contributed by atoms with E-state index in [0.29, 0.717) is 6.54 Å². The zero-order valence-corrected chi connectivity index (χ0v) is 15.9. The molecule has 7 nitrogen and oxygen atoms in total. The van der Waals surface area contributed by atoms with Crippen molar-refractivity contribution in [1.82, 2.24) is 25.0 Å². The Labute approximate surface area is 154 Å². The number of hydrogen-bond donors (Lipinski definition) is 2. The maximum Gasteiger partial charge on any atom is 0.184 e. The van der Waals surface area contributed by atoms with Gasteiger partial charge >= 0.3 is 0 Å². The van der Waals surface area contributed by atoms with Crippen LogP contribution in [0, 0.1) is 6.92 Å². The summed E-state index contributed by atoms with van der Waals surface area (Å²) in [6.45, 7) is 11.4. The van der Waals surface area contributed by atoms with Gasteiger partial charge in [-0.25, -0.2) is 14.6 Å². The third-order valence-corrected chi connectivity index (χ3v) is 4.65. The van der Waals surface area contributed by atoms with Gasteiger partial charge in [0.25, 0.3) is 0 Å². The number of aryl methyl sites for hydroxylation is 1. The summed E-state index contributed by atoms with van der Waals surface area (Å²) in [7, 11) is 0. The van der Waals surface area contributed by atoms with Gasteiger partial charge in [-0.3, -0.25) is 0 Å². The standard InChI is InChI=1S/C19H27N7/c1-4-25(5-2)13-9-12-20-18-17-19(22-15(3)21-18)26(24-23-17)14-16-10-7-6-8-11-16/h6-8,10-11H,4-5,9,12-14H2,1-3H3,(H,20,21,22)/p+1. The first-order chi connectivity index (χ1) is 12.7. The number of anilines is 1. The van der Waals surface area contributed by atoms with Crippen molar-refractivity contribution in [2.75, 3.05) is 31.5 Å². The van der Waals surface area contributed by atoms with Crippen LogP contribution in [0.2, 0.25) is 0 Å². The van der Waals surface area contributed by atoms with Crippen molar-refractivity contribution < 1.29 is 4.90 Å². The molecule has 3 rings (SSSR count). The monoisotopic (exact) mass is 354 g/mol. The van der Waals surface area contributed by atoms with E-state index in [-0.39, 0.29) is 0 Å². The molecule has 2 heterocycles. The number of fused-ring (bicyclic) bond motifs is 1. The molecule has 0 radical (unpaired) electrons. The molecule has 0 amide bonds. The second kappa shape index (κ2) is 8.71. The number of quaternary nitrogens is 1. The van der Waals surface area contributed by atoms with Crippen LogP contribution in [0.25, 0.3) is 11.2 Å². The van der Waals surface area contributed by atoms with Crippen molar-refractivity contribution in [2.45, 2.75) is 33.7 Å². The average Bonchev–Trinajstić information content (AvgIpc) is 3.05. The summed E-state index contributed by atoms with van der Waals surface area (Å²) in [4.78, 5) is 10.7. The molecular weight excluding hydrogens is 326 g/mol. The van der Waals surface area contributed by atoms with Gasteiger partial charge in [0.2, 0.25) is 0 Å². The van der Waals surface area contributed by atoms with E-state index in [0.717, 1.165) is 42.3 Å². The number of nitrogens with zero attached hydrogens (tertiary/aromatic N) is 5. The minimum atomic E-state index is 0.651. The Morgan fingerprint density at radius 2 is 1.85 bits per heavy atom. The summed E-state index contributed by atoms with van der Waals surface area (Å²) in [6.07, 6.45) is 1.10. The number of rotatable bonds is 9. The third kappa shape index (κ3) is 4.35. The first-order valence-corrected chi connectivity index (χ1v) is 9.40. The predicted molar refractivity (Wildman–Crippen MR) is 103 cm³/mol. The fourth-order valence-electron chi connectivity index (χ4n) is 3.10. The maximum absolute atomic E-state index is 4.56. The topological polar surface area (TPSA) is 73.0 Å². The van der Waals surface area contributed by atoms with Crippen molar-refractivity contribution in [3.8, 4) is 0 Å². The van der Waals surface area contributed by atoms with Crippen LogP contribution in [0.4, 0.5) is 5.82 Å². The highest BCUT2D eigenvalue weighted by molar-refractivity contribution is 5.82. The third-order valence-electron chi connectivity index (χ3n) is 4.65. The van der Waals surface area contributed by atoms with Gasteiger partial charge in [-0.05, 0) is 26.3 Å². The van der Waals surface area contributed by atoms with E-state index in [1.54, 1.807) is 4.90 Å². The second-order valence-corrected chi connectivity index (χ2v) is 6.51. The fraction of sp³-hybridized carbons (Fsp3) is 0.474. The summed E-state index contributed by atoms with van der Waals surface area (Å²) in [6, 6.07) is 10.2. The highest BCUT2D eigenvalue weighted by Crippen LogP contribution is 2.18. The fourth-order valence-corrected chi connectivity index (χ4v) is 3.10. The van der Waals surface area contributed by atoms with Gasteiger partial charge in [0, 0.05) is 13.0 Å². The van der Waals surface area contributed by atoms with Crippen LogP contribution in [-0.4, -0.2) is 51.1 Å². The Kier molecular flexibility index (Phi) is 6.12. The maximum atomic E-state index is 4.56. The number of hydrogen-bond acceptors (Lipinski definition) is 5. The molecule has 0 atom stereocenters. The van der Waals surface area contributed by atoms with Crippen molar-refractivity contribution in [1.29, 1.82) is 0 Å².